The fraction of sp³-hybridized carbons (Fsp3) is 0.455. The van der Waals surface area contributed by atoms with Gasteiger partial charge in [0.1, 0.15) is 0 Å². The molecular formula is C11H15Br2NO2S. The average molecular weight is 385 g/mol. The molecule has 0 spiro atoms. The van der Waals surface area contributed by atoms with E-state index in [9.17, 15) is 8.42 Å². The molecule has 0 aliphatic carbocycles. The minimum absolute atomic E-state index is 0.149. The van der Waals surface area contributed by atoms with Crippen LogP contribution < -0.4 is 5.32 Å². The molecule has 0 radical (unpaired) electrons. The summed E-state index contributed by atoms with van der Waals surface area (Å²) in [5.41, 5.74) is 2.03. The second-order valence-electron chi connectivity index (χ2n) is 3.77. The molecule has 0 unspecified atom stereocenters. The van der Waals surface area contributed by atoms with Crippen LogP contribution in [0.3, 0.4) is 0 Å². The molecule has 1 rings (SSSR count). The first-order valence-electron chi connectivity index (χ1n) is 5.25. The zero-order valence-corrected chi connectivity index (χ0v) is 13.7. The molecule has 0 saturated carbocycles. The van der Waals surface area contributed by atoms with Gasteiger partial charge in [-0.2, -0.15) is 0 Å². The topological polar surface area (TPSA) is 46.2 Å². The highest BCUT2D eigenvalue weighted by molar-refractivity contribution is 9.11. The van der Waals surface area contributed by atoms with Crippen LogP contribution in [0.1, 0.15) is 12.5 Å². The highest BCUT2D eigenvalue weighted by Gasteiger charge is 2.09. The van der Waals surface area contributed by atoms with Crippen molar-refractivity contribution < 1.29 is 8.42 Å². The Morgan fingerprint density at radius 1 is 1.24 bits per heavy atom. The van der Waals surface area contributed by atoms with Crippen LogP contribution in [0.15, 0.2) is 21.1 Å². The van der Waals surface area contributed by atoms with Crippen molar-refractivity contribution in [3.63, 3.8) is 0 Å². The molecular weight excluding hydrogens is 370 g/mol. The van der Waals surface area contributed by atoms with Crippen LogP contribution in [0.25, 0.3) is 0 Å². The predicted molar refractivity (Wildman–Crippen MR) is 79.4 cm³/mol. The lowest BCUT2D eigenvalue weighted by Crippen LogP contribution is -2.17. The third-order valence-electron chi connectivity index (χ3n) is 2.34. The first kappa shape index (κ1) is 15.0. The predicted octanol–water partition coefficient (Wildman–Crippen LogP) is 3.37. The van der Waals surface area contributed by atoms with Crippen LogP contribution in [0, 0.1) is 6.92 Å². The van der Waals surface area contributed by atoms with Crippen molar-refractivity contribution in [3.8, 4) is 0 Å². The fourth-order valence-corrected chi connectivity index (χ4v) is 3.74. The van der Waals surface area contributed by atoms with Gasteiger partial charge in [0.05, 0.1) is 11.4 Å². The van der Waals surface area contributed by atoms with E-state index in [1.165, 1.54) is 0 Å². The molecule has 0 atom stereocenters. The lowest BCUT2D eigenvalue weighted by Gasteiger charge is -2.11. The van der Waals surface area contributed by atoms with Crippen LogP contribution in [0.2, 0.25) is 0 Å². The minimum atomic E-state index is -2.92. The smallest absolute Gasteiger partial charge is 0.151 e. The van der Waals surface area contributed by atoms with E-state index in [0.29, 0.717) is 6.54 Å². The maximum atomic E-state index is 11.4. The van der Waals surface area contributed by atoms with Gasteiger partial charge in [0, 0.05) is 21.2 Å². The second kappa shape index (κ2) is 6.20. The summed E-state index contributed by atoms with van der Waals surface area (Å²) in [7, 11) is -2.92. The van der Waals surface area contributed by atoms with Gasteiger partial charge in [0.25, 0.3) is 0 Å². The Kier molecular flexibility index (Phi) is 5.47. The van der Waals surface area contributed by atoms with Gasteiger partial charge in [0.15, 0.2) is 9.84 Å². The van der Waals surface area contributed by atoms with E-state index in [1.54, 1.807) is 6.92 Å². The molecule has 0 heterocycles. The molecule has 96 valence electrons. The Hall–Kier alpha value is -0.0700. The van der Waals surface area contributed by atoms with Crippen LogP contribution in [0.5, 0.6) is 0 Å². The molecule has 0 aliphatic rings. The van der Waals surface area contributed by atoms with Gasteiger partial charge in [-0.3, -0.25) is 0 Å². The molecule has 17 heavy (non-hydrogen) atoms. The quantitative estimate of drug-likeness (QED) is 0.846. The summed E-state index contributed by atoms with van der Waals surface area (Å²) in [6, 6.07) is 3.98. The largest absolute Gasteiger partial charge is 0.382 e. The summed E-state index contributed by atoms with van der Waals surface area (Å²) in [5, 5.41) is 3.13. The molecule has 0 aromatic heterocycles. The van der Waals surface area contributed by atoms with Crippen LogP contribution in [0.4, 0.5) is 5.69 Å². The lowest BCUT2D eigenvalue weighted by molar-refractivity contribution is 0.597. The molecule has 3 nitrogen and oxygen atoms in total. The number of hydrogen-bond donors (Lipinski definition) is 1. The van der Waals surface area contributed by atoms with Gasteiger partial charge in [-0.1, -0.05) is 6.92 Å². The summed E-state index contributed by atoms with van der Waals surface area (Å²) in [6.07, 6.45) is 0. The summed E-state index contributed by atoms with van der Waals surface area (Å²) in [4.78, 5) is 0. The maximum absolute atomic E-state index is 11.4. The maximum Gasteiger partial charge on any atom is 0.151 e. The van der Waals surface area contributed by atoms with Crippen molar-refractivity contribution in [1.29, 1.82) is 0 Å². The van der Waals surface area contributed by atoms with Gasteiger partial charge in [0.2, 0.25) is 0 Å². The van der Waals surface area contributed by atoms with Crippen LogP contribution in [-0.2, 0) is 9.84 Å². The second-order valence-corrected chi connectivity index (χ2v) is 7.95. The fourth-order valence-electron chi connectivity index (χ4n) is 1.34. The highest BCUT2D eigenvalue weighted by Crippen LogP contribution is 2.32. The molecule has 6 heteroatoms. The Bertz CT molecular complexity index is 477. The van der Waals surface area contributed by atoms with E-state index >= 15 is 0 Å². The van der Waals surface area contributed by atoms with Crippen molar-refractivity contribution in [2.45, 2.75) is 13.8 Å². The van der Waals surface area contributed by atoms with E-state index in [1.807, 2.05) is 19.1 Å². The molecule has 1 aromatic carbocycles. The Labute approximate surface area is 119 Å². The number of anilines is 1. The Balaban J connectivity index is 2.71. The molecule has 0 bridgehead atoms. The van der Waals surface area contributed by atoms with E-state index in [4.69, 9.17) is 0 Å². The van der Waals surface area contributed by atoms with Gasteiger partial charge >= 0.3 is 0 Å². The zero-order chi connectivity index (χ0) is 13.1. The number of nitrogens with one attached hydrogen (secondary N) is 1. The van der Waals surface area contributed by atoms with Crippen LogP contribution in [-0.4, -0.2) is 26.5 Å². The molecule has 0 fully saturated rings. The molecule has 1 N–H and O–H groups in total. The minimum Gasteiger partial charge on any atom is -0.382 e. The van der Waals surface area contributed by atoms with Crippen molar-refractivity contribution in [3.05, 3.63) is 26.6 Å². The third-order valence-corrected chi connectivity index (χ3v) is 5.30. The number of hydrogen-bond acceptors (Lipinski definition) is 3. The average Bonchev–Trinajstić information content (AvgIpc) is 2.22. The Morgan fingerprint density at radius 3 is 2.24 bits per heavy atom. The Morgan fingerprint density at radius 2 is 1.76 bits per heavy atom. The van der Waals surface area contributed by atoms with Crippen molar-refractivity contribution >= 4 is 47.4 Å². The first-order valence-corrected chi connectivity index (χ1v) is 8.66. The van der Waals surface area contributed by atoms with Gasteiger partial charge in [-0.25, -0.2) is 8.42 Å². The first-order chi connectivity index (χ1) is 7.85. The summed E-state index contributed by atoms with van der Waals surface area (Å²) in [6.45, 7) is 4.07. The monoisotopic (exact) mass is 383 g/mol. The van der Waals surface area contributed by atoms with E-state index in [2.05, 4.69) is 37.2 Å². The molecule has 1 aromatic rings. The molecule has 0 amide bonds. The number of sulfone groups is 1. The van der Waals surface area contributed by atoms with Gasteiger partial charge < -0.3 is 5.32 Å². The third kappa shape index (κ3) is 4.60. The van der Waals surface area contributed by atoms with Crippen LogP contribution >= 0.6 is 31.9 Å². The SMILES string of the molecule is CCS(=O)(=O)CCNc1c(Br)cc(C)cc1Br. The number of rotatable bonds is 5. The zero-order valence-electron chi connectivity index (χ0n) is 9.76. The van der Waals surface area contributed by atoms with E-state index in [-0.39, 0.29) is 11.5 Å². The van der Waals surface area contributed by atoms with Crippen molar-refractivity contribution in [2.75, 3.05) is 23.4 Å². The summed E-state index contributed by atoms with van der Waals surface area (Å²) < 4.78 is 24.6. The lowest BCUT2D eigenvalue weighted by atomic mass is 10.2. The summed E-state index contributed by atoms with van der Waals surface area (Å²) >= 11 is 6.91. The number of halogens is 2. The molecule has 0 saturated heterocycles. The van der Waals surface area contributed by atoms with Crippen molar-refractivity contribution in [1.82, 2.24) is 0 Å². The summed E-state index contributed by atoms with van der Waals surface area (Å²) in [5.74, 6) is 0.334. The molecule has 0 aliphatic heterocycles. The van der Waals surface area contributed by atoms with E-state index < -0.39 is 9.84 Å². The van der Waals surface area contributed by atoms with Gasteiger partial charge in [-0.15, -0.1) is 0 Å². The standard InChI is InChI=1S/C11H15Br2NO2S/c1-3-17(15,16)5-4-14-11-9(12)6-8(2)7-10(11)13/h6-7,14H,3-5H2,1-2H3. The van der Waals surface area contributed by atoms with E-state index in [0.717, 1.165) is 20.2 Å². The number of benzene rings is 1. The highest BCUT2D eigenvalue weighted by atomic mass is 79.9. The van der Waals surface area contributed by atoms with Gasteiger partial charge in [-0.05, 0) is 56.5 Å². The van der Waals surface area contributed by atoms with Crippen molar-refractivity contribution in [2.24, 2.45) is 0 Å². The normalized spacial score (nSPS) is 11.5. The number of aryl methyl sites for hydroxylation is 1.